The molecule has 0 radical (unpaired) electrons. The largest absolute Gasteiger partial charge is 0.493 e. The first kappa shape index (κ1) is 29.8. The Labute approximate surface area is 227 Å². The second kappa shape index (κ2) is 15.6. The van der Waals surface area contributed by atoms with Crippen LogP contribution in [0.1, 0.15) is 65.2 Å². The van der Waals surface area contributed by atoms with Crippen LogP contribution in [0.5, 0.6) is 11.5 Å². The van der Waals surface area contributed by atoms with E-state index in [1.165, 1.54) is 12.8 Å². The van der Waals surface area contributed by atoms with E-state index in [0.29, 0.717) is 24.1 Å². The van der Waals surface area contributed by atoms with Crippen molar-refractivity contribution in [1.82, 2.24) is 0 Å². The third-order valence-electron chi connectivity index (χ3n) is 6.63. The topological polar surface area (TPSA) is 99.4 Å². The van der Waals surface area contributed by atoms with Gasteiger partial charge in [0.15, 0.2) is 0 Å². The van der Waals surface area contributed by atoms with Gasteiger partial charge in [0.05, 0.1) is 13.2 Å². The van der Waals surface area contributed by atoms with Crippen LogP contribution in [-0.4, -0.2) is 47.5 Å². The summed E-state index contributed by atoms with van der Waals surface area (Å²) in [6.45, 7) is 5.54. The Morgan fingerprint density at radius 2 is 0.895 bits per heavy atom. The maximum atomic E-state index is 9.53. The molecule has 0 unspecified atom stereocenters. The molecule has 0 aliphatic rings. The third kappa shape index (κ3) is 8.63. The van der Waals surface area contributed by atoms with Gasteiger partial charge in [-0.05, 0) is 47.0 Å². The van der Waals surface area contributed by atoms with Gasteiger partial charge in [-0.3, -0.25) is 0 Å². The van der Waals surface area contributed by atoms with Gasteiger partial charge in [0.1, 0.15) is 11.5 Å². The van der Waals surface area contributed by atoms with Gasteiger partial charge in [0, 0.05) is 11.1 Å². The molecular weight excluding hydrogens is 478 g/mol. The smallest absolute Gasteiger partial charge is 0.488 e. The summed E-state index contributed by atoms with van der Waals surface area (Å²) in [6, 6.07) is 18.2. The van der Waals surface area contributed by atoms with Gasteiger partial charge < -0.3 is 29.6 Å². The van der Waals surface area contributed by atoms with Crippen molar-refractivity contribution >= 4 is 25.2 Å². The molecule has 6 nitrogen and oxygen atoms in total. The molecule has 38 heavy (non-hydrogen) atoms. The van der Waals surface area contributed by atoms with E-state index >= 15 is 0 Å². The summed E-state index contributed by atoms with van der Waals surface area (Å²) in [6.07, 6.45) is 8.76. The number of benzene rings is 3. The summed E-state index contributed by atoms with van der Waals surface area (Å²) < 4.78 is 12.6. The van der Waals surface area contributed by atoms with E-state index in [0.717, 1.165) is 72.3 Å². The fourth-order valence-electron chi connectivity index (χ4n) is 4.34. The van der Waals surface area contributed by atoms with Crippen LogP contribution in [0.3, 0.4) is 0 Å². The Hall–Kier alpha value is -2.77. The van der Waals surface area contributed by atoms with Crippen molar-refractivity contribution in [1.29, 1.82) is 0 Å². The molecule has 0 saturated heterocycles. The van der Waals surface area contributed by atoms with Crippen LogP contribution in [0.2, 0.25) is 0 Å². The zero-order valence-electron chi connectivity index (χ0n) is 22.6. The van der Waals surface area contributed by atoms with Crippen LogP contribution >= 0.6 is 0 Å². The Balaban J connectivity index is 2.02. The van der Waals surface area contributed by atoms with Crippen LogP contribution in [0.4, 0.5) is 0 Å². The van der Waals surface area contributed by atoms with E-state index in [9.17, 15) is 20.1 Å². The number of hydrogen-bond donors (Lipinski definition) is 4. The van der Waals surface area contributed by atoms with Crippen LogP contribution in [-0.2, 0) is 0 Å². The Morgan fingerprint density at radius 3 is 1.21 bits per heavy atom. The number of ether oxygens (including phenoxy) is 2. The second-order valence-electron chi connectivity index (χ2n) is 9.65. The van der Waals surface area contributed by atoms with Gasteiger partial charge in [0.2, 0.25) is 0 Å². The van der Waals surface area contributed by atoms with Crippen molar-refractivity contribution in [2.45, 2.75) is 65.2 Å². The number of unbranched alkanes of at least 4 members (excludes halogenated alkanes) is 6. The molecule has 0 saturated carbocycles. The molecular formula is C30H40B2O6. The summed E-state index contributed by atoms with van der Waals surface area (Å²) >= 11 is 0. The van der Waals surface area contributed by atoms with Crippen LogP contribution < -0.4 is 20.4 Å². The Bertz CT molecular complexity index is 1010. The van der Waals surface area contributed by atoms with Crippen molar-refractivity contribution in [2.24, 2.45) is 0 Å². The maximum Gasteiger partial charge on any atom is 0.488 e. The predicted octanol–water partition coefficient (Wildman–Crippen LogP) is 4.30. The SMILES string of the molecule is CCCCCCOc1cc(-c2ccc(B(O)O)cc2)c(OCCCCCC)cc1-c1ccc(B(O)O)cc1. The molecule has 0 heterocycles. The zero-order chi connectivity index (χ0) is 27.3. The zero-order valence-corrected chi connectivity index (χ0v) is 22.6. The van der Waals surface area contributed by atoms with Crippen LogP contribution in [0, 0.1) is 0 Å². The molecule has 3 rings (SSSR count). The molecule has 0 fully saturated rings. The fourth-order valence-corrected chi connectivity index (χ4v) is 4.34. The second-order valence-corrected chi connectivity index (χ2v) is 9.65. The highest BCUT2D eigenvalue weighted by Crippen LogP contribution is 2.41. The van der Waals surface area contributed by atoms with Crippen molar-refractivity contribution in [2.75, 3.05) is 13.2 Å². The van der Waals surface area contributed by atoms with Gasteiger partial charge in [-0.1, -0.05) is 101 Å². The average molecular weight is 518 g/mol. The van der Waals surface area contributed by atoms with Crippen molar-refractivity contribution in [3.63, 3.8) is 0 Å². The highest BCUT2D eigenvalue weighted by atomic mass is 16.5. The monoisotopic (exact) mass is 518 g/mol. The lowest BCUT2D eigenvalue weighted by molar-refractivity contribution is 0.299. The van der Waals surface area contributed by atoms with E-state index < -0.39 is 14.2 Å². The molecule has 0 aliphatic heterocycles. The van der Waals surface area contributed by atoms with Gasteiger partial charge in [-0.15, -0.1) is 0 Å². The normalized spacial score (nSPS) is 10.9. The summed E-state index contributed by atoms with van der Waals surface area (Å²) in [7, 11) is -3.05. The number of hydrogen-bond acceptors (Lipinski definition) is 6. The Kier molecular flexibility index (Phi) is 12.2. The molecule has 3 aromatic carbocycles. The summed E-state index contributed by atoms with van der Waals surface area (Å²) in [4.78, 5) is 0. The van der Waals surface area contributed by atoms with E-state index in [-0.39, 0.29) is 0 Å². The fraction of sp³-hybridized carbons (Fsp3) is 0.400. The van der Waals surface area contributed by atoms with E-state index in [4.69, 9.17) is 9.47 Å². The van der Waals surface area contributed by atoms with E-state index in [1.807, 2.05) is 36.4 Å². The lowest BCUT2D eigenvalue weighted by Gasteiger charge is -2.19. The van der Waals surface area contributed by atoms with Crippen molar-refractivity contribution < 1.29 is 29.6 Å². The third-order valence-corrected chi connectivity index (χ3v) is 6.63. The molecule has 0 aliphatic carbocycles. The molecule has 0 atom stereocenters. The van der Waals surface area contributed by atoms with Crippen molar-refractivity contribution in [3.05, 3.63) is 60.7 Å². The minimum absolute atomic E-state index is 0.422. The molecule has 0 spiro atoms. The van der Waals surface area contributed by atoms with Gasteiger partial charge in [0.25, 0.3) is 0 Å². The lowest BCUT2D eigenvalue weighted by Crippen LogP contribution is -2.29. The van der Waals surface area contributed by atoms with Crippen LogP contribution in [0.15, 0.2) is 60.7 Å². The molecule has 202 valence electrons. The standard InChI is InChI=1S/C30H40B2O6/c1-3-5-7-9-19-37-29-21-28(24-13-17-26(18-14-24)32(35)36)30(38-20-10-8-6-4-2)22-27(29)23-11-15-25(16-12-23)31(33)34/h11-18,21-22,33-36H,3-10,19-20H2,1-2H3. The van der Waals surface area contributed by atoms with E-state index in [1.54, 1.807) is 24.3 Å². The molecule has 8 heteroatoms. The number of rotatable bonds is 16. The summed E-state index contributed by atoms with van der Waals surface area (Å²) in [5.41, 5.74) is 4.36. The Morgan fingerprint density at radius 1 is 0.526 bits per heavy atom. The van der Waals surface area contributed by atoms with Gasteiger partial charge in [-0.2, -0.15) is 0 Å². The van der Waals surface area contributed by atoms with Crippen LogP contribution in [0.25, 0.3) is 22.3 Å². The molecule has 3 aromatic rings. The van der Waals surface area contributed by atoms with Gasteiger partial charge in [-0.25, -0.2) is 0 Å². The predicted molar refractivity (Wildman–Crippen MR) is 156 cm³/mol. The quantitative estimate of drug-likeness (QED) is 0.167. The molecule has 0 aromatic heterocycles. The highest BCUT2D eigenvalue weighted by molar-refractivity contribution is 6.58. The van der Waals surface area contributed by atoms with E-state index in [2.05, 4.69) is 13.8 Å². The first-order chi connectivity index (χ1) is 18.4. The average Bonchev–Trinajstić information content (AvgIpc) is 2.93. The molecule has 4 N–H and O–H groups in total. The minimum atomic E-state index is -1.52. The molecule has 0 bridgehead atoms. The lowest BCUT2D eigenvalue weighted by atomic mass is 9.79. The highest BCUT2D eigenvalue weighted by Gasteiger charge is 2.18. The maximum absolute atomic E-state index is 9.53. The summed E-state index contributed by atoms with van der Waals surface area (Å²) in [5.74, 6) is 1.44. The molecule has 0 amide bonds. The first-order valence-electron chi connectivity index (χ1n) is 13.8. The van der Waals surface area contributed by atoms with Crippen molar-refractivity contribution in [3.8, 4) is 33.8 Å². The first-order valence-corrected chi connectivity index (χ1v) is 13.8. The van der Waals surface area contributed by atoms with Gasteiger partial charge >= 0.3 is 14.2 Å². The summed E-state index contributed by atoms with van der Waals surface area (Å²) in [5, 5.41) is 38.1. The minimum Gasteiger partial charge on any atom is -0.493 e.